The van der Waals surface area contributed by atoms with E-state index in [0.29, 0.717) is 16.7 Å². The highest BCUT2D eigenvalue weighted by Crippen LogP contribution is 2.39. The van der Waals surface area contributed by atoms with Crippen molar-refractivity contribution in [2.45, 2.75) is 38.7 Å². The molecule has 0 saturated carbocycles. The van der Waals surface area contributed by atoms with Gasteiger partial charge in [-0.25, -0.2) is 4.98 Å². The van der Waals surface area contributed by atoms with Gasteiger partial charge in [0.25, 0.3) is 0 Å². The second kappa shape index (κ2) is 14.2. The third-order valence-corrected chi connectivity index (χ3v) is 9.00. The van der Waals surface area contributed by atoms with Crippen LogP contribution in [0.2, 0.25) is 5.15 Å². The number of unbranched alkanes of at least 4 members (excludes halogenated alkanes) is 1. The van der Waals surface area contributed by atoms with Crippen molar-refractivity contribution in [1.29, 1.82) is 0 Å². The van der Waals surface area contributed by atoms with Gasteiger partial charge in [-0.15, -0.1) is 5.10 Å². The van der Waals surface area contributed by atoms with E-state index in [9.17, 15) is 5.11 Å². The van der Waals surface area contributed by atoms with E-state index in [4.69, 9.17) is 11.6 Å². The highest BCUT2D eigenvalue weighted by atomic mass is 35.5. The van der Waals surface area contributed by atoms with Crippen molar-refractivity contribution < 1.29 is 5.11 Å². The van der Waals surface area contributed by atoms with E-state index in [1.165, 1.54) is 11.1 Å². The first-order valence-corrected chi connectivity index (χ1v) is 16.6. The maximum Gasteiger partial charge on any atom is 0.187 e. The molecule has 0 spiro atoms. The topological polar surface area (TPSA) is 81.7 Å². The average Bonchev–Trinajstić information content (AvgIpc) is 3.76. The summed E-state index contributed by atoms with van der Waals surface area (Å²) in [5.41, 5.74) is 8.53. The zero-order chi connectivity index (χ0) is 32.9. The van der Waals surface area contributed by atoms with Crippen molar-refractivity contribution in [3.05, 3.63) is 167 Å². The molecular weight excluding hydrogens is 616 g/mol. The number of nitrogens with zero attached hydrogens (tertiary/aromatic N) is 6. The van der Waals surface area contributed by atoms with Gasteiger partial charge < -0.3 is 5.11 Å². The molecule has 0 fully saturated rings. The Morgan fingerprint density at radius 1 is 0.750 bits per heavy atom. The fourth-order valence-electron chi connectivity index (χ4n) is 6.43. The summed E-state index contributed by atoms with van der Waals surface area (Å²) in [5, 5.41) is 24.2. The molecule has 2 heterocycles. The Morgan fingerprint density at radius 3 is 2.06 bits per heavy atom. The molecule has 0 aliphatic heterocycles. The zero-order valence-corrected chi connectivity index (χ0v) is 27.4. The molecule has 0 atom stereocenters. The molecule has 7 rings (SSSR count). The van der Waals surface area contributed by atoms with E-state index >= 15 is 0 Å². The van der Waals surface area contributed by atoms with E-state index in [1.807, 2.05) is 51.7 Å². The predicted octanol–water partition coefficient (Wildman–Crippen LogP) is 8.85. The Bertz CT molecular complexity index is 2090. The lowest BCUT2D eigenvalue weighted by Crippen LogP contribution is -2.11. The van der Waals surface area contributed by atoms with Crippen LogP contribution in [0.15, 0.2) is 133 Å². The molecule has 2 aromatic heterocycles. The lowest BCUT2D eigenvalue weighted by atomic mass is 9.84. The van der Waals surface area contributed by atoms with Gasteiger partial charge in [0.15, 0.2) is 11.0 Å². The van der Waals surface area contributed by atoms with Crippen LogP contribution in [0, 0.1) is 0 Å². The fourth-order valence-corrected chi connectivity index (χ4v) is 6.67. The zero-order valence-electron chi connectivity index (χ0n) is 26.6. The third-order valence-electron chi connectivity index (χ3n) is 8.70. The first-order chi connectivity index (χ1) is 23.7. The summed E-state index contributed by atoms with van der Waals surface area (Å²) in [4.78, 5) is 4.64. The van der Waals surface area contributed by atoms with E-state index in [0.717, 1.165) is 58.7 Å². The Hall–Kier alpha value is -5.37. The summed E-state index contributed by atoms with van der Waals surface area (Å²) in [5.74, 6) is 1.35. The van der Waals surface area contributed by atoms with E-state index in [-0.39, 0.29) is 12.5 Å². The minimum Gasteiger partial charge on any atom is -0.390 e. The van der Waals surface area contributed by atoms with Gasteiger partial charge in [0.05, 0.1) is 18.0 Å². The van der Waals surface area contributed by atoms with Crippen molar-refractivity contribution in [2.24, 2.45) is 0 Å². The van der Waals surface area contributed by atoms with Crippen LogP contribution >= 0.6 is 11.6 Å². The number of para-hydroxylation sites is 1. The monoisotopic (exact) mass is 650 g/mol. The van der Waals surface area contributed by atoms with Gasteiger partial charge in [0.2, 0.25) is 0 Å². The molecule has 1 N–H and O–H groups in total. The molecule has 0 aliphatic rings. The largest absolute Gasteiger partial charge is 0.390 e. The minimum absolute atomic E-state index is 0.0538. The number of aromatic nitrogens is 6. The molecule has 7 aromatic rings. The van der Waals surface area contributed by atoms with Crippen molar-refractivity contribution >= 4 is 11.6 Å². The summed E-state index contributed by atoms with van der Waals surface area (Å²) in [7, 11) is 0. The SMILES string of the molecule is CCCCc1nc(Cl)c(CO)n1-c1ccc(-c2ccccc2)c(-c2nnnn2-c2ccccc2C(c2ccccc2)c2ccccc2)c1. The number of hydrogen-bond acceptors (Lipinski definition) is 5. The van der Waals surface area contributed by atoms with Crippen LogP contribution in [0.4, 0.5) is 0 Å². The summed E-state index contributed by atoms with van der Waals surface area (Å²) < 4.78 is 3.81. The Labute approximate surface area is 285 Å². The number of tetrazole rings is 1. The average molecular weight is 651 g/mol. The van der Waals surface area contributed by atoms with Crippen molar-refractivity contribution in [1.82, 2.24) is 29.8 Å². The molecule has 0 amide bonds. The molecule has 7 nitrogen and oxygen atoms in total. The van der Waals surface area contributed by atoms with Gasteiger partial charge in [0.1, 0.15) is 5.82 Å². The smallest absolute Gasteiger partial charge is 0.187 e. The first kappa shape index (κ1) is 31.2. The first-order valence-electron chi connectivity index (χ1n) is 16.2. The number of imidazole rings is 1. The number of halogens is 1. The van der Waals surface area contributed by atoms with Gasteiger partial charge in [-0.2, -0.15) is 4.68 Å². The number of aliphatic hydroxyl groups is 1. The van der Waals surface area contributed by atoms with E-state index < -0.39 is 0 Å². The van der Waals surface area contributed by atoms with Crippen LogP contribution < -0.4 is 0 Å². The van der Waals surface area contributed by atoms with Crippen LogP contribution in [-0.4, -0.2) is 34.9 Å². The van der Waals surface area contributed by atoms with Crippen molar-refractivity contribution in [3.8, 4) is 33.9 Å². The van der Waals surface area contributed by atoms with Gasteiger partial charge in [-0.3, -0.25) is 4.57 Å². The normalized spacial score (nSPS) is 11.3. The number of hydrogen-bond donors (Lipinski definition) is 1. The quantitative estimate of drug-likeness (QED) is 0.141. The molecule has 0 saturated heterocycles. The molecule has 5 aromatic carbocycles. The van der Waals surface area contributed by atoms with E-state index in [2.05, 4.69) is 118 Å². The molecule has 238 valence electrons. The Balaban J connectivity index is 1.44. The standard InChI is InChI=1S/C40H35ClN6O/c1-2-3-23-37-42-39(41)36(27-48)46(37)31-24-25-32(28-15-7-4-8-16-28)34(26-31)40-43-44-45-47(40)35-22-14-13-21-33(35)38(29-17-9-5-10-18-29)30-19-11-6-12-20-30/h4-22,24-26,38,48H,2-3,23,27H2,1H3. The summed E-state index contributed by atoms with van der Waals surface area (Å²) in [6, 6.07) is 45.8. The molecule has 0 unspecified atom stereocenters. The van der Waals surface area contributed by atoms with Gasteiger partial charge in [-0.1, -0.05) is 140 Å². The van der Waals surface area contributed by atoms with Gasteiger partial charge in [-0.05, 0) is 62.9 Å². The maximum absolute atomic E-state index is 10.4. The summed E-state index contributed by atoms with van der Waals surface area (Å²) in [6.07, 6.45) is 2.70. The molecule has 0 radical (unpaired) electrons. The lowest BCUT2D eigenvalue weighted by molar-refractivity contribution is 0.274. The van der Waals surface area contributed by atoms with Crippen LogP contribution in [0.5, 0.6) is 0 Å². The van der Waals surface area contributed by atoms with Crippen molar-refractivity contribution in [2.75, 3.05) is 0 Å². The molecule has 0 aliphatic carbocycles. The third kappa shape index (κ3) is 6.06. The number of aliphatic hydroxyl groups excluding tert-OH is 1. The van der Waals surface area contributed by atoms with E-state index in [1.54, 1.807) is 0 Å². The minimum atomic E-state index is -0.237. The van der Waals surface area contributed by atoms with Crippen LogP contribution in [0.3, 0.4) is 0 Å². The highest BCUT2D eigenvalue weighted by molar-refractivity contribution is 6.30. The van der Waals surface area contributed by atoms with Crippen molar-refractivity contribution in [3.63, 3.8) is 0 Å². The molecular formula is C40H35ClN6O. The Kier molecular flexibility index (Phi) is 9.23. The summed E-state index contributed by atoms with van der Waals surface area (Å²) >= 11 is 6.57. The number of rotatable bonds is 11. The Morgan fingerprint density at radius 2 is 1.40 bits per heavy atom. The van der Waals surface area contributed by atoms with Crippen LogP contribution in [0.1, 0.15) is 53.9 Å². The fraction of sp³-hybridized carbons (Fsp3) is 0.150. The number of aryl methyl sites for hydroxylation is 1. The van der Waals surface area contributed by atoms with Gasteiger partial charge >= 0.3 is 0 Å². The molecule has 8 heteroatoms. The van der Waals surface area contributed by atoms with Crippen LogP contribution in [-0.2, 0) is 13.0 Å². The second-order valence-corrected chi connectivity index (χ2v) is 12.0. The van der Waals surface area contributed by atoms with Gasteiger partial charge in [0, 0.05) is 23.6 Å². The maximum atomic E-state index is 10.4. The molecule has 0 bridgehead atoms. The highest BCUT2D eigenvalue weighted by Gasteiger charge is 2.25. The molecule has 48 heavy (non-hydrogen) atoms. The second-order valence-electron chi connectivity index (χ2n) is 11.7. The lowest BCUT2D eigenvalue weighted by Gasteiger charge is -2.22. The predicted molar refractivity (Wildman–Crippen MR) is 191 cm³/mol. The number of benzene rings is 5. The summed E-state index contributed by atoms with van der Waals surface area (Å²) in [6.45, 7) is 1.91. The van der Waals surface area contributed by atoms with Crippen LogP contribution in [0.25, 0.3) is 33.9 Å².